The van der Waals surface area contributed by atoms with Gasteiger partial charge in [-0.05, 0) is 0 Å². The van der Waals surface area contributed by atoms with E-state index in [9.17, 15) is 43.9 Å². The van der Waals surface area contributed by atoms with Crippen molar-refractivity contribution in [3.05, 3.63) is 11.8 Å². The van der Waals surface area contributed by atoms with E-state index in [1.54, 1.807) is 0 Å². The molecule has 0 aliphatic carbocycles. The van der Waals surface area contributed by atoms with Crippen LogP contribution in [0.15, 0.2) is 11.8 Å². The summed E-state index contributed by atoms with van der Waals surface area (Å²) in [5.41, 5.74) is 0. The number of rotatable bonds is 3. The number of alkyl halides is 8. The molecule has 0 fully saturated rings. The number of hydrogen-bond donors (Lipinski definition) is 0. The summed E-state index contributed by atoms with van der Waals surface area (Å²) in [6, 6.07) is 0. The molecule has 0 spiro atoms. The maximum Gasteiger partial charge on any atom is 0.454 e. The Morgan fingerprint density at radius 2 is 1.28 bits per heavy atom. The van der Waals surface area contributed by atoms with Crippen molar-refractivity contribution < 1.29 is 48.6 Å². The van der Waals surface area contributed by atoms with Crippen LogP contribution in [0.3, 0.4) is 0 Å². The van der Waals surface area contributed by atoms with Crippen molar-refractivity contribution >= 4 is 0 Å². The van der Waals surface area contributed by atoms with Gasteiger partial charge < -0.3 is 4.74 Å². The lowest BCUT2D eigenvalue weighted by Gasteiger charge is -2.30. The second-order valence-electron chi connectivity index (χ2n) is 2.92. The number of halogens is 10. The summed E-state index contributed by atoms with van der Waals surface area (Å²) in [5.74, 6) is -14.0. The molecule has 0 aromatic heterocycles. The van der Waals surface area contributed by atoms with E-state index in [4.69, 9.17) is 0 Å². The minimum absolute atomic E-state index is 0.125. The maximum atomic E-state index is 12.6. The quantitative estimate of drug-likeness (QED) is 0.562. The fourth-order valence-electron chi connectivity index (χ4n) is 0.987. The van der Waals surface area contributed by atoms with Crippen molar-refractivity contribution in [1.82, 2.24) is 0 Å². The lowest BCUT2D eigenvalue weighted by Crippen LogP contribution is -2.50. The first-order valence-electron chi connectivity index (χ1n) is 3.87. The highest BCUT2D eigenvalue weighted by Gasteiger charge is 2.72. The summed E-state index contributed by atoms with van der Waals surface area (Å²) in [4.78, 5) is 0. The van der Waals surface area contributed by atoms with Gasteiger partial charge in [0.05, 0.1) is 7.11 Å². The second-order valence-corrected chi connectivity index (χ2v) is 2.92. The van der Waals surface area contributed by atoms with Gasteiger partial charge in [0.25, 0.3) is 0 Å². The van der Waals surface area contributed by atoms with Gasteiger partial charge in [0.2, 0.25) is 0 Å². The molecule has 1 unspecified atom stereocenters. The molecule has 0 heterocycles. The molecule has 0 aliphatic heterocycles. The molecular weight excluding hydrogens is 290 g/mol. The van der Waals surface area contributed by atoms with E-state index in [1.807, 2.05) is 0 Å². The van der Waals surface area contributed by atoms with Crippen LogP contribution in [0, 0.1) is 5.92 Å². The Bertz CT molecular complexity index is 320. The Morgan fingerprint density at radius 3 is 1.44 bits per heavy atom. The van der Waals surface area contributed by atoms with Crippen LogP contribution in [-0.4, -0.2) is 25.4 Å². The van der Waals surface area contributed by atoms with Crippen LogP contribution < -0.4 is 0 Å². The summed E-state index contributed by atoms with van der Waals surface area (Å²) < 4.78 is 124. The van der Waals surface area contributed by atoms with Gasteiger partial charge in [0.1, 0.15) is 0 Å². The molecule has 0 N–H and O–H groups in total. The number of hydrogen-bond acceptors (Lipinski definition) is 1. The summed E-state index contributed by atoms with van der Waals surface area (Å²) in [5, 5.41) is 0. The summed E-state index contributed by atoms with van der Waals surface area (Å²) in [7, 11) is 0.125. The van der Waals surface area contributed by atoms with E-state index >= 15 is 0 Å². The van der Waals surface area contributed by atoms with E-state index in [0.29, 0.717) is 0 Å². The Labute approximate surface area is 93.0 Å². The van der Waals surface area contributed by atoms with Crippen LogP contribution in [0.25, 0.3) is 0 Å². The van der Waals surface area contributed by atoms with Gasteiger partial charge in [-0.15, -0.1) is 0 Å². The highest BCUT2D eigenvalue weighted by atomic mass is 19.4. The maximum absolute atomic E-state index is 12.6. The van der Waals surface area contributed by atoms with Gasteiger partial charge in [-0.3, -0.25) is 0 Å². The normalized spacial score (nSPS) is 15.3. The standard InChI is InChI=1S/C7H4F10O/c1-18-2(4(8)9)3(6(12,13)14)5(10,11)7(15,16)17/h3H,1H3. The van der Waals surface area contributed by atoms with Gasteiger partial charge in [-0.1, -0.05) is 0 Å². The minimum atomic E-state index is -6.66. The molecule has 0 rings (SSSR count). The van der Waals surface area contributed by atoms with Crippen molar-refractivity contribution in [2.45, 2.75) is 18.3 Å². The van der Waals surface area contributed by atoms with E-state index in [-0.39, 0.29) is 7.11 Å². The van der Waals surface area contributed by atoms with Gasteiger partial charge in [-0.25, -0.2) is 0 Å². The van der Waals surface area contributed by atoms with Crippen molar-refractivity contribution in [2.75, 3.05) is 7.11 Å². The SMILES string of the molecule is COC(=C(F)F)C(C(F)(F)F)C(F)(F)C(F)(F)F. The van der Waals surface area contributed by atoms with E-state index in [1.165, 1.54) is 0 Å². The zero-order chi connectivity index (χ0) is 14.9. The fraction of sp³-hybridized carbons (Fsp3) is 0.714. The first-order valence-corrected chi connectivity index (χ1v) is 3.87. The molecule has 0 aromatic carbocycles. The average Bonchev–Trinajstić information content (AvgIpc) is 2.08. The Balaban J connectivity index is 5.92. The molecule has 11 heteroatoms. The van der Waals surface area contributed by atoms with Crippen LogP contribution in [0.2, 0.25) is 0 Å². The zero-order valence-electron chi connectivity index (χ0n) is 8.27. The van der Waals surface area contributed by atoms with E-state index in [2.05, 4.69) is 4.74 Å². The van der Waals surface area contributed by atoms with Crippen LogP contribution in [0.5, 0.6) is 0 Å². The van der Waals surface area contributed by atoms with Gasteiger partial charge in [-0.2, -0.15) is 43.9 Å². The topological polar surface area (TPSA) is 9.23 Å². The van der Waals surface area contributed by atoms with Crippen LogP contribution in [0.1, 0.15) is 0 Å². The highest BCUT2D eigenvalue weighted by Crippen LogP contribution is 2.51. The lowest BCUT2D eigenvalue weighted by atomic mass is 9.98. The first kappa shape index (κ1) is 16.8. The molecule has 108 valence electrons. The third-order valence-electron chi connectivity index (χ3n) is 1.74. The summed E-state index contributed by atoms with van der Waals surface area (Å²) >= 11 is 0. The molecule has 18 heavy (non-hydrogen) atoms. The first-order chi connectivity index (χ1) is 7.76. The van der Waals surface area contributed by atoms with Gasteiger partial charge in [0, 0.05) is 0 Å². The van der Waals surface area contributed by atoms with Crippen molar-refractivity contribution in [3.63, 3.8) is 0 Å². The number of ether oxygens (including phenoxy) is 1. The third kappa shape index (κ3) is 3.19. The average molecular weight is 294 g/mol. The van der Waals surface area contributed by atoms with Gasteiger partial charge in [0.15, 0.2) is 11.7 Å². The van der Waals surface area contributed by atoms with Crippen LogP contribution in [-0.2, 0) is 4.74 Å². The predicted molar refractivity (Wildman–Crippen MR) is 36.8 cm³/mol. The predicted octanol–water partition coefficient (Wildman–Crippen LogP) is 4.12. The Hall–Kier alpha value is -1.16. The Morgan fingerprint density at radius 1 is 0.889 bits per heavy atom. The molecule has 0 radical (unpaired) electrons. The van der Waals surface area contributed by atoms with Crippen LogP contribution >= 0.6 is 0 Å². The van der Waals surface area contributed by atoms with Crippen molar-refractivity contribution in [1.29, 1.82) is 0 Å². The lowest BCUT2D eigenvalue weighted by molar-refractivity contribution is -0.342. The zero-order valence-corrected chi connectivity index (χ0v) is 8.27. The summed E-state index contributed by atoms with van der Waals surface area (Å²) in [6.45, 7) is 0. The second kappa shape index (κ2) is 4.84. The fourth-order valence-corrected chi connectivity index (χ4v) is 0.987. The molecule has 0 bridgehead atoms. The minimum Gasteiger partial charge on any atom is -0.495 e. The molecule has 0 aliphatic rings. The molecular formula is C7H4F10O. The van der Waals surface area contributed by atoms with Crippen molar-refractivity contribution in [2.24, 2.45) is 5.92 Å². The van der Waals surface area contributed by atoms with Crippen molar-refractivity contribution in [3.8, 4) is 0 Å². The smallest absolute Gasteiger partial charge is 0.454 e. The number of methoxy groups -OCH3 is 1. The molecule has 0 amide bonds. The molecule has 0 saturated heterocycles. The molecule has 1 atom stereocenters. The van der Waals surface area contributed by atoms with E-state index in [0.717, 1.165) is 0 Å². The number of allylic oxidation sites excluding steroid dienone is 1. The summed E-state index contributed by atoms with van der Waals surface area (Å²) in [6.07, 6.45) is -16.3. The molecule has 1 nitrogen and oxygen atoms in total. The Kier molecular flexibility index (Phi) is 4.53. The monoisotopic (exact) mass is 294 g/mol. The highest BCUT2D eigenvalue weighted by molar-refractivity contribution is 5.09. The van der Waals surface area contributed by atoms with Crippen LogP contribution in [0.4, 0.5) is 43.9 Å². The van der Waals surface area contributed by atoms with Gasteiger partial charge >= 0.3 is 24.4 Å². The largest absolute Gasteiger partial charge is 0.495 e. The molecule has 0 aromatic rings. The van der Waals surface area contributed by atoms with E-state index < -0.39 is 36.0 Å². The third-order valence-corrected chi connectivity index (χ3v) is 1.74. The molecule has 0 saturated carbocycles.